The number of aliphatic hydroxyl groups excluding tert-OH is 1. The van der Waals surface area contributed by atoms with E-state index >= 15 is 0 Å². The Labute approximate surface area is 103 Å². The first-order valence-electron chi connectivity index (χ1n) is 6.10. The van der Waals surface area contributed by atoms with Gasteiger partial charge in [0.05, 0.1) is 6.61 Å². The van der Waals surface area contributed by atoms with E-state index in [0.717, 1.165) is 12.8 Å². The van der Waals surface area contributed by atoms with Crippen LogP contribution in [0.3, 0.4) is 0 Å². The quantitative estimate of drug-likeness (QED) is 0.814. The normalized spacial score (nSPS) is 10.3. The van der Waals surface area contributed by atoms with Crippen molar-refractivity contribution < 1.29 is 9.90 Å². The van der Waals surface area contributed by atoms with E-state index in [1.54, 1.807) is 11.9 Å². The minimum Gasteiger partial charge on any atom is -0.396 e. The minimum atomic E-state index is -0.0750. The minimum absolute atomic E-state index is 0.00215. The fraction of sp³-hybridized carbons (Fsp3) is 0.500. The Morgan fingerprint density at radius 3 is 2.35 bits per heavy atom. The third-order valence-electron chi connectivity index (χ3n) is 2.92. The van der Waals surface area contributed by atoms with Gasteiger partial charge in [-0.1, -0.05) is 31.2 Å². The van der Waals surface area contributed by atoms with E-state index in [1.165, 1.54) is 11.1 Å². The van der Waals surface area contributed by atoms with Gasteiger partial charge in [0.2, 0.25) is 5.91 Å². The molecule has 1 amide bonds. The van der Waals surface area contributed by atoms with Crippen molar-refractivity contribution >= 4 is 5.91 Å². The molecule has 0 heterocycles. The van der Waals surface area contributed by atoms with Crippen molar-refractivity contribution in [2.75, 3.05) is 20.2 Å². The molecular weight excluding hydrogens is 214 g/mol. The van der Waals surface area contributed by atoms with E-state index in [0.29, 0.717) is 6.54 Å². The molecule has 0 saturated carbocycles. The summed E-state index contributed by atoms with van der Waals surface area (Å²) in [6, 6.07) is 8.49. The Kier molecular flexibility index (Phi) is 5.70. The topological polar surface area (TPSA) is 40.5 Å². The standard InChI is InChI=1S/C14H21NO2/c1-3-12-4-6-13(7-5-12)8-10-15(2)14(17)9-11-16/h4-7,16H,3,8-11H2,1-2H3. The number of benzene rings is 1. The number of aryl methyl sites for hydroxylation is 1. The second-order valence-electron chi connectivity index (χ2n) is 4.21. The average molecular weight is 235 g/mol. The number of aliphatic hydroxyl groups is 1. The molecule has 0 saturated heterocycles. The zero-order chi connectivity index (χ0) is 12.7. The smallest absolute Gasteiger partial charge is 0.224 e. The summed E-state index contributed by atoms with van der Waals surface area (Å²) in [5.41, 5.74) is 2.57. The lowest BCUT2D eigenvalue weighted by molar-refractivity contribution is -0.130. The van der Waals surface area contributed by atoms with Crippen molar-refractivity contribution in [2.45, 2.75) is 26.2 Å². The van der Waals surface area contributed by atoms with Crippen molar-refractivity contribution in [3.05, 3.63) is 35.4 Å². The number of rotatable bonds is 6. The van der Waals surface area contributed by atoms with Gasteiger partial charge < -0.3 is 10.0 Å². The molecule has 0 aliphatic carbocycles. The molecule has 94 valence electrons. The summed E-state index contributed by atoms with van der Waals surface area (Å²) in [5.74, 6) is -0.00215. The van der Waals surface area contributed by atoms with Crippen LogP contribution in [0, 0.1) is 0 Å². The summed E-state index contributed by atoms with van der Waals surface area (Å²) in [7, 11) is 1.78. The third-order valence-corrected chi connectivity index (χ3v) is 2.92. The SMILES string of the molecule is CCc1ccc(CCN(C)C(=O)CCO)cc1. The third kappa shape index (κ3) is 4.57. The molecule has 0 radical (unpaired) electrons. The van der Waals surface area contributed by atoms with Gasteiger partial charge in [0, 0.05) is 20.0 Å². The van der Waals surface area contributed by atoms with Gasteiger partial charge in [-0.2, -0.15) is 0 Å². The number of amides is 1. The Morgan fingerprint density at radius 2 is 1.82 bits per heavy atom. The van der Waals surface area contributed by atoms with Gasteiger partial charge >= 0.3 is 0 Å². The van der Waals surface area contributed by atoms with Crippen LogP contribution in [0.15, 0.2) is 24.3 Å². The average Bonchev–Trinajstić information content (AvgIpc) is 2.36. The summed E-state index contributed by atoms with van der Waals surface area (Å²) < 4.78 is 0. The zero-order valence-corrected chi connectivity index (χ0v) is 10.6. The molecule has 0 spiro atoms. The molecule has 1 N–H and O–H groups in total. The monoisotopic (exact) mass is 235 g/mol. The van der Waals surface area contributed by atoms with Gasteiger partial charge in [-0.3, -0.25) is 4.79 Å². The first-order valence-corrected chi connectivity index (χ1v) is 6.10. The van der Waals surface area contributed by atoms with Crippen molar-refractivity contribution in [1.82, 2.24) is 4.90 Å². The van der Waals surface area contributed by atoms with Crippen LogP contribution >= 0.6 is 0 Å². The van der Waals surface area contributed by atoms with Crippen LogP contribution in [-0.4, -0.2) is 36.1 Å². The predicted octanol–water partition coefficient (Wildman–Crippen LogP) is 1.63. The lowest BCUT2D eigenvalue weighted by Crippen LogP contribution is -2.29. The van der Waals surface area contributed by atoms with Crippen LogP contribution in [0.2, 0.25) is 0 Å². The molecule has 1 aromatic carbocycles. The molecule has 0 unspecified atom stereocenters. The Morgan fingerprint density at radius 1 is 1.24 bits per heavy atom. The van der Waals surface area contributed by atoms with Crippen molar-refractivity contribution in [3.63, 3.8) is 0 Å². The lowest BCUT2D eigenvalue weighted by atomic mass is 10.1. The van der Waals surface area contributed by atoms with Gasteiger partial charge in [-0.15, -0.1) is 0 Å². The highest BCUT2D eigenvalue weighted by molar-refractivity contribution is 5.75. The fourth-order valence-corrected chi connectivity index (χ4v) is 1.65. The van der Waals surface area contributed by atoms with Gasteiger partial charge in [-0.25, -0.2) is 0 Å². The van der Waals surface area contributed by atoms with Crippen molar-refractivity contribution in [2.24, 2.45) is 0 Å². The molecule has 0 fully saturated rings. The Hall–Kier alpha value is -1.35. The fourth-order valence-electron chi connectivity index (χ4n) is 1.65. The molecule has 17 heavy (non-hydrogen) atoms. The number of carbonyl (C=O) groups excluding carboxylic acids is 1. The van der Waals surface area contributed by atoms with Crippen LogP contribution in [0.1, 0.15) is 24.5 Å². The maximum absolute atomic E-state index is 11.4. The number of hydrogen-bond acceptors (Lipinski definition) is 2. The molecule has 0 aliphatic heterocycles. The molecule has 3 heteroatoms. The van der Waals surface area contributed by atoms with E-state index in [-0.39, 0.29) is 18.9 Å². The van der Waals surface area contributed by atoms with Gasteiger partial charge in [0.1, 0.15) is 0 Å². The van der Waals surface area contributed by atoms with E-state index in [9.17, 15) is 4.79 Å². The second-order valence-corrected chi connectivity index (χ2v) is 4.21. The van der Waals surface area contributed by atoms with Crippen LogP contribution in [-0.2, 0) is 17.6 Å². The van der Waals surface area contributed by atoms with E-state index < -0.39 is 0 Å². The first kappa shape index (κ1) is 13.7. The maximum Gasteiger partial charge on any atom is 0.224 e. The lowest BCUT2D eigenvalue weighted by Gasteiger charge is -2.16. The Bertz CT molecular complexity index is 346. The molecular formula is C14H21NO2. The Balaban J connectivity index is 2.41. The summed E-state index contributed by atoms with van der Waals surface area (Å²) >= 11 is 0. The second kappa shape index (κ2) is 7.07. The van der Waals surface area contributed by atoms with E-state index in [2.05, 4.69) is 31.2 Å². The summed E-state index contributed by atoms with van der Waals surface area (Å²) in [6.45, 7) is 2.76. The summed E-state index contributed by atoms with van der Waals surface area (Å²) in [5, 5.41) is 8.68. The predicted molar refractivity (Wildman–Crippen MR) is 68.9 cm³/mol. The molecule has 0 atom stereocenters. The molecule has 0 aliphatic rings. The van der Waals surface area contributed by atoms with Crippen LogP contribution < -0.4 is 0 Å². The van der Waals surface area contributed by atoms with Crippen LogP contribution in [0.5, 0.6) is 0 Å². The molecule has 1 aromatic rings. The van der Waals surface area contributed by atoms with Gasteiger partial charge in [0.15, 0.2) is 0 Å². The van der Waals surface area contributed by atoms with E-state index in [1.807, 2.05) is 0 Å². The zero-order valence-electron chi connectivity index (χ0n) is 10.6. The highest BCUT2D eigenvalue weighted by atomic mass is 16.3. The highest BCUT2D eigenvalue weighted by Crippen LogP contribution is 2.06. The van der Waals surface area contributed by atoms with E-state index in [4.69, 9.17) is 5.11 Å². The largest absolute Gasteiger partial charge is 0.396 e. The van der Waals surface area contributed by atoms with Crippen LogP contribution in [0.4, 0.5) is 0 Å². The number of nitrogens with zero attached hydrogens (tertiary/aromatic N) is 1. The van der Waals surface area contributed by atoms with Crippen molar-refractivity contribution in [1.29, 1.82) is 0 Å². The molecule has 3 nitrogen and oxygen atoms in total. The van der Waals surface area contributed by atoms with Gasteiger partial charge in [0.25, 0.3) is 0 Å². The van der Waals surface area contributed by atoms with Crippen LogP contribution in [0.25, 0.3) is 0 Å². The van der Waals surface area contributed by atoms with Gasteiger partial charge in [-0.05, 0) is 24.0 Å². The maximum atomic E-state index is 11.4. The number of hydrogen-bond donors (Lipinski definition) is 1. The summed E-state index contributed by atoms with van der Waals surface area (Å²) in [6.07, 6.45) is 2.12. The molecule has 0 bridgehead atoms. The number of likely N-dealkylation sites (N-methyl/N-ethyl adjacent to an activating group) is 1. The first-order chi connectivity index (χ1) is 8.17. The number of carbonyl (C=O) groups is 1. The highest BCUT2D eigenvalue weighted by Gasteiger charge is 2.07. The molecule has 1 rings (SSSR count). The van der Waals surface area contributed by atoms with Crippen molar-refractivity contribution in [3.8, 4) is 0 Å². The molecule has 0 aromatic heterocycles. The summed E-state index contributed by atoms with van der Waals surface area (Å²) in [4.78, 5) is 13.1.